The van der Waals surface area contributed by atoms with Gasteiger partial charge in [-0.25, -0.2) is 14.2 Å². The Morgan fingerprint density at radius 1 is 1.13 bits per heavy atom. The van der Waals surface area contributed by atoms with Crippen molar-refractivity contribution in [1.29, 1.82) is 0 Å². The van der Waals surface area contributed by atoms with Gasteiger partial charge in [-0.3, -0.25) is 4.90 Å². The molecule has 0 radical (unpaired) electrons. The predicted molar refractivity (Wildman–Crippen MR) is 83.4 cm³/mol. The topological polar surface area (TPSA) is 42.4 Å². The second-order valence-corrected chi connectivity index (χ2v) is 5.50. The van der Waals surface area contributed by atoms with Gasteiger partial charge in [-0.05, 0) is 29.8 Å². The van der Waals surface area contributed by atoms with Crippen molar-refractivity contribution in [2.75, 3.05) is 0 Å². The van der Waals surface area contributed by atoms with E-state index in [0.717, 1.165) is 22.0 Å². The van der Waals surface area contributed by atoms with Crippen LogP contribution in [0.15, 0.2) is 54.6 Å². The summed E-state index contributed by atoms with van der Waals surface area (Å²) >= 11 is 0. The van der Waals surface area contributed by atoms with E-state index in [2.05, 4.69) is 4.98 Å². The Hall–Kier alpha value is -2.95. The third-order valence-corrected chi connectivity index (χ3v) is 3.83. The molecule has 0 spiro atoms. The number of fused-ring (bicyclic) bond motifs is 2. The molecular weight excluding hydrogens is 295 g/mol. The molecule has 1 aromatic heterocycles. The molecule has 1 amide bonds. The molecule has 23 heavy (non-hydrogen) atoms. The molecule has 114 valence electrons. The first kappa shape index (κ1) is 13.7. The van der Waals surface area contributed by atoms with E-state index in [-0.39, 0.29) is 5.82 Å². The van der Waals surface area contributed by atoms with Crippen molar-refractivity contribution in [3.63, 3.8) is 0 Å². The van der Waals surface area contributed by atoms with Crippen LogP contribution in [0, 0.1) is 5.82 Å². The number of carbonyl (C=O) groups is 1. The summed E-state index contributed by atoms with van der Waals surface area (Å²) in [5, 5.41) is 0.995. The number of aromatic nitrogens is 1. The Bertz CT molecular complexity index is 910. The van der Waals surface area contributed by atoms with Crippen LogP contribution in [-0.4, -0.2) is 16.0 Å². The Labute approximate surface area is 132 Å². The molecule has 0 bridgehead atoms. The van der Waals surface area contributed by atoms with Gasteiger partial charge in [0.05, 0.1) is 12.1 Å². The molecule has 4 nitrogen and oxygen atoms in total. The predicted octanol–water partition coefficient (Wildman–Crippen LogP) is 3.89. The molecule has 0 aliphatic carbocycles. The molecule has 1 aliphatic rings. The number of amides is 1. The van der Waals surface area contributed by atoms with Crippen molar-refractivity contribution in [2.24, 2.45) is 0 Å². The lowest BCUT2D eigenvalue weighted by atomic mass is 10.1. The van der Waals surface area contributed by atoms with Gasteiger partial charge in [0.15, 0.2) is 0 Å². The van der Waals surface area contributed by atoms with Gasteiger partial charge >= 0.3 is 6.09 Å². The molecule has 0 N–H and O–H groups in total. The second kappa shape index (κ2) is 5.35. The average molecular weight is 308 g/mol. The highest BCUT2D eigenvalue weighted by molar-refractivity contribution is 5.82. The molecule has 2 heterocycles. The number of para-hydroxylation sites is 1. The molecule has 0 unspecified atom stereocenters. The van der Waals surface area contributed by atoms with Crippen molar-refractivity contribution in [3.8, 4) is 5.88 Å². The van der Waals surface area contributed by atoms with Crippen LogP contribution in [0.3, 0.4) is 0 Å². The number of pyridine rings is 1. The number of benzene rings is 2. The summed E-state index contributed by atoms with van der Waals surface area (Å²) in [4.78, 5) is 18.1. The first-order valence-corrected chi connectivity index (χ1v) is 7.29. The highest BCUT2D eigenvalue weighted by atomic mass is 19.1. The summed E-state index contributed by atoms with van der Waals surface area (Å²) in [7, 11) is 0. The molecule has 0 saturated heterocycles. The maximum atomic E-state index is 13.3. The lowest BCUT2D eigenvalue weighted by molar-refractivity contribution is 0.133. The first-order chi connectivity index (χ1) is 11.2. The van der Waals surface area contributed by atoms with E-state index in [0.29, 0.717) is 19.0 Å². The Morgan fingerprint density at radius 2 is 2.00 bits per heavy atom. The largest absolute Gasteiger partial charge is 0.417 e. The van der Waals surface area contributed by atoms with Crippen LogP contribution in [0.2, 0.25) is 0 Å². The van der Waals surface area contributed by atoms with Gasteiger partial charge in [-0.1, -0.05) is 30.3 Å². The Balaban J connectivity index is 1.65. The molecule has 2 aromatic carbocycles. The lowest BCUT2D eigenvalue weighted by Crippen LogP contribution is -2.36. The number of rotatable bonds is 2. The van der Waals surface area contributed by atoms with E-state index in [1.807, 2.05) is 30.3 Å². The van der Waals surface area contributed by atoms with E-state index >= 15 is 0 Å². The Morgan fingerprint density at radius 3 is 2.87 bits per heavy atom. The van der Waals surface area contributed by atoms with Crippen molar-refractivity contribution in [3.05, 3.63) is 71.5 Å². The average Bonchev–Trinajstić information content (AvgIpc) is 2.54. The second-order valence-electron chi connectivity index (χ2n) is 5.50. The highest BCUT2D eigenvalue weighted by Gasteiger charge is 2.26. The van der Waals surface area contributed by atoms with Gasteiger partial charge in [-0.2, -0.15) is 0 Å². The van der Waals surface area contributed by atoms with Crippen LogP contribution in [0.4, 0.5) is 9.18 Å². The number of halogens is 1. The van der Waals surface area contributed by atoms with Gasteiger partial charge in [-0.15, -0.1) is 0 Å². The third kappa shape index (κ3) is 2.61. The number of hydrogen-bond donors (Lipinski definition) is 0. The van der Waals surface area contributed by atoms with Gasteiger partial charge < -0.3 is 4.74 Å². The fourth-order valence-corrected chi connectivity index (χ4v) is 2.74. The van der Waals surface area contributed by atoms with E-state index in [1.165, 1.54) is 17.0 Å². The summed E-state index contributed by atoms with van der Waals surface area (Å²) < 4.78 is 18.6. The minimum Gasteiger partial charge on any atom is -0.391 e. The van der Waals surface area contributed by atoms with Crippen LogP contribution in [0.25, 0.3) is 10.9 Å². The number of nitrogens with zero attached hydrogens (tertiary/aromatic N) is 2. The van der Waals surface area contributed by atoms with Gasteiger partial charge in [0, 0.05) is 17.5 Å². The van der Waals surface area contributed by atoms with Crippen LogP contribution < -0.4 is 4.74 Å². The zero-order valence-corrected chi connectivity index (χ0v) is 12.2. The summed E-state index contributed by atoms with van der Waals surface area (Å²) in [5.74, 6) is 0.0325. The van der Waals surface area contributed by atoms with Gasteiger partial charge in [0.1, 0.15) is 5.82 Å². The van der Waals surface area contributed by atoms with Crippen LogP contribution in [0.5, 0.6) is 5.88 Å². The molecule has 4 rings (SSSR count). The van der Waals surface area contributed by atoms with Crippen LogP contribution >= 0.6 is 0 Å². The fraction of sp³-hybridized carbons (Fsp3) is 0.111. The summed E-state index contributed by atoms with van der Waals surface area (Å²) in [6, 6.07) is 15.9. The van der Waals surface area contributed by atoms with Crippen LogP contribution in [-0.2, 0) is 13.1 Å². The lowest BCUT2D eigenvalue weighted by Gasteiger charge is -2.27. The number of ether oxygens (including phenoxy) is 1. The molecular formula is C18H13FN2O2. The SMILES string of the molecule is O=C1Oc2nc3ccccc3cc2CN1Cc1cccc(F)c1. The molecule has 0 atom stereocenters. The fourth-order valence-electron chi connectivity index (χ4n) is 2.74. The number of hydrogen-bond acceptors (Lipinski definition) is 3. The van der Waals surface area contributed by atoms with Crippen molar-refractivity contribution in [2.45, 2.75) is 13.1 Å². The maximum absolute atomic E-state index is 13.3. The smallest absolute Gasteiger partial charge is 0.391 e. The maximum Gasteiger partial charge on any atom is 0.417 e. The molecule has 1 aliphatic heterocycles. The van der Waals surface area contributed by atoms with Crippen molar-refractivity contribution >= 4 is 17.0 Å². The van der Waals surface area contributed by atoms with E-state index in [1.54, 1.807) is 12.1 Å². The van der Waals surface area contributed by atoms with E-state index in [4.69, 9.17) is 4.74 Å². The third-order valence-electron chi connectivity index (χ3n) is 3.83. The van der Waals surface area contributed by atoms with Crippen molar-refractivity contribution in [1.82, 2.24) is 9.88 Å². The standard InChI is InChI=1S/C18H13FN2O2/c19-15-6-3-4-12(8-15)10-21-11-14-9-13-5-1-2-7-16(13)20-17(14)23-18(21)22/h1-9H,10-11H2. The quantitative estimate of drug-likeness (QED) is 0.721. The molecule has 0 fully saturated rings. The zero-order valence-electron chi connectivity index (χ0n) is 12.2. The van der Waals surface area contributed by atoms with Crippen LogP contribution in [0.1, 0.15) is 11.1 Å². The summed E-state index contributed by atoms with van der Waals surface area (Å²) in [6.45, 7) is 0.686. The van der Waals surface area contributed by atoms with Crippen molar-refractivity contribution < 1.29 is 13.9 Å². The summed E-state index contributed by atoms with van der Waals surface area (Å²) in [5.41, 5.74) is 2.36. The molecule has 3 aromatic rings. The highest BCUT2D eigenvalue weighted by Crippen LogP contribution is 2.28. The van der Waals surface area contributed by atoms with Gasteiger partial charge in [0.2, 0.25) is 5.88 Å². The summed E-state index contributed by atoms with van der Waals surface area (Å²) in [6.07, 6.45) is -0.468. The first-order valence-electron chi connectivity index (χ1n) is 7.29. The monoisotopic (exact) mass is 308 g/mol. The number of carbonyl (C=O) groups excluding carboxylic acids is 1. The molecule has 0 saturated carbocycles. The van der Waals surface area contributed by atoms with Gasteiger partial charge in [0.25, 0.3) is 0 Å². The minimum absolute atomic E-state index is 0.295. The Kier molecular flexibility index (Phi) is 3.19. The zero-order chi connectivity index (χ0) is 15.8. The van der Waals surface area contributed by atoms with E-state index in [9.17, 15) is 9.18 Å². The minimum atomic E-state index is -0.468. The van der Waals surface area contributed by atoms with E-state index < -0.39 is 6.09 Å². The molecule has 5 heteroatoms. The normalized spacial score (nSPS) is 13.8.